The van der Waals surface area contributed by atoms with Crippen molar-refractivity contribution in [1.82, 2.24) is 10.3 Å². The monoisotopic (exact) mass is 268 g/mol. The summed E-state index contributed by atoms with van der Waals surface area (Å²) in [5.74, 6) is -0.0387. The molecule has 0 atom stereocenters. The Kier molecular flexibility index (Phi) is 3.25. The third-order valence-electron chi connectivity index (χ3n) is 2.85. The minimum absolute atomic E-state index is 0.0387. The molecule has 0 saturated heterocycles. The fourth-order valence-corrected chi connectivity index (χ4v) is 2.53. The number of para-hydroxylation sites is 1. The summed E-state index contributed by atoms with van der Waals surface area (Å²) < 4.78 is 0. The van der Waals surface area contributed by atoms with Gasteiger partial charge >= 0.3 is 0 Å². The molecule has 1 aromatic carbocycles. The third-order valence-corrected chi connectivity index (χ3v) is 3.71. The molecule has 3 rings (SSSR count). The molecule has 0 saturated carbocycles. The molecular weight excluding hydrogens is 256 g/mol. The zero-order chi connectivity index (χ0) is 13.1. The van der Waals surface area contributed by atoms with Gasteiger partial charge in [-0.1, -0.05) is 24.3 Å². The first-order chi connectivity index (χ1) is 9.33. The van der Waals surface area contributed by atoms with E-state index in [0.717, 1.165) is 21.3 Å². The number of aromatic nitrogens is 1. The topological polar surface area (TPSA) is 42.0 Å². The molecule has 0 aliphatic rings. The standard InChI is InChI=1S/C15H12N2OS/c18-15(14-6-3-7-19-14)17-10-11-8-12-4-1-2-5-13(12)16-9-11/h1-9H,10H2,(H,17,18). The Balaban J connectivity index is 1.73. The molecule has 4 heteroatoms. The van der Waals surface area contributed by atoms with Crippen molar-refractivity contribution in [3.63, 3.8) is 0 Å². The van der Waals surface area contributed by atoms with Crippen molar-refractivity contribution >= 4 is 28.1 Å². The molecule has 1 N–H and O–H groups in total. The van der Waals surface area contributed by atoms with Gasteiger partial charge in [-0.25, -0.2) is 0 Å². The average Bonchev–Trinajstić information content (AvgIpc) is 2.99. The molecule has 0 aliphatic carbocycles. The second kappa shape index (κ2) is 5.20. The van der Waals surface area contributed by atoms with Crippen molar-refractivity contribution in [2.24, 2.45) is 0 Å². The van der Waals surface area contributed by atoms with Crippen LogP contribution in [0.25, 0.3) is 10.9 Å². The van der Waals surface area contributed by atoms with Crippen molar-refractivity contribution in [3.8, 4) is 0 Å². The van der Waals surface area contributed by atoms with E-state index in [1.54, 1.807) is 6.20 Å². The number of rotatable bonds is 3. The van der Waals surface area contributed by atoms with Crippen LogP contribution in [0.1, 0.15) is 15.2 Å². The molecule has 0 aliphatic heterocycles. The summed E-state index contributed by atoms with van der Waals surface area (Å²) in [7, 11) is 0. The smallest absolute Gasteiger partial charge is 0.261 e. The second-order valence-electron chi connectivity index (χ2n) is 4.20. The molecule has 2 heterocycles. The van der Waals surface area contributed by atoms with Crippen molar-refractivity contribution in [1.29, 1.82) is 0 Å². The Morgan fingerprint density at radius 1 is 1.21 bits per heavy atom. The fourth-order valence-electron chi connectivity index (χ4n) is 1.89. The molecule has 0 unspecified atom stereocenters. The Hall–Kier alpha value is -2.20. The highest BCUT2D eigenvalue weighted by Crippen LogP contribution is 2.13. The maximum Gasteiger partial charge on any atom is 0.261 e. The van der Waals surface area contributed by atoms with Crippen LogP contribution >= 0.6 is 11.3 Å². The number of hydrogen-bond acceptors (Lipinski definition) is 3. The highest BCUT2D eigenvalue weighted by molar-refractivity contribution is 7.12. The lowest BCUT2D eigenvalue weighted by atomic mass is 10.1. The Morgan fingerprint density at radius 3 is 2.95 bits per heavy atom. The van der Waals surface area contributed by atoms with E-state index >= 15 is 0 Å². The number of amides is 1. The average molecular weight is 268 g/mol. The molecule has 0 spiro atoms. The summed E-state index contributed by atoms with van der Waals surface area (Å²) in [5, 5.41) is 5.88. The number of carbonyl (C=O) groups excluding carboxylic acids is 1. The maximum atomic E-state index is 11.8. The van der Waals surface area contributed by atoms with Crippen molar-refractivity contribution in [3.05, 3.63) is 64.5 Å². The zero-order valence-corrected chi connectivity index (χ0v) is 11.0. The lowest BCUT2D eigenvalue weighted by Gasteiger charge is -2.05. The number of benzene rings is 1. The second-order valence-corrected chi connectivity index (χ2v) is 5.14. The lowest BCUT2D eigenvalue weighted by Crippen LogP contribution is -2.21. The van der Waals surface area contributed by atoms with Gasteiger partial charge in [0.15, 0.2) is 0 Å². The van der Waals surface area contributed by atoms with Crippen LogP contribution in [0.15, 0.2) is 54.0 Å². The molecule has 0 fully saturated rings. The van der Waals surface area contributed by atoms with E-state index in [1.807, 2.05) is 41.8 Å². The zero-order valence-electron chi connectivity index (χ0n) is 10.2. The van der Waals surface area contributed by atoms with Crippen LogP contribution in [-0.4, -0.2) is 10.9 Å². The number of hydrogen-bond donors (Lipinski definition) is 1. The number of carbonyl (C=O) groups is 1. The highest BCUT2D eigenvalue weighted by atomic mass is 32.1. The van der Waals surface area contributed by atoms with Crippen LogP contribution in [0, 0.1) is 0 Å². The van der Waals surface area contributed by atoms with E-state index in [2.05, 4.69) is 16.4 Å². The van der Waals surface area contributed by atoms with Gasteiger partial charge in [-0.2, -0.15) is 0 Å². The van der Waals surface area contributed by atoms with Gasteiger partial charge in [-0.3, -0.25) is 9.78 Å². The van der Waals surface area contributed by atoms with Crippen LogP contribution in [0.3, 0.4) is 0 Å². The van der Waals surface area contributed by atoms with E-state index < -0.39 is 0 Å². The van der Waals surface area contributed by atoms with Crippen LogP contribution in [-0.2, 0) is 6.54 Å². The van der Waals surface area contributed by atoms with Crippen LogP contribution < -0.4 is 5.32 Å². The molecule has 2 aromatic heterocycles. The third kappa shape index (κ3) is 2.63. The van der Waals surface area contributed by atoms with Crippen molar-refractivity contribution in [2.45, 2.75) is 6.54 Å². The summed E-state index contributed by atoms with van der Waals surface area (Å²) in [4.78, 5) is 16.9. The summed E-state index contributed by atoms with van der Waals surface area (Å²) >= 11 is 1.44. The molecule has 19 heavy (non-hydrogen) atoms. The maximum absolute atomic E-state index is 11.8. The summed E-state index contributed by atoms with van der Waals surface area (Å²) in [5.41, 5.74) is 1.97. The van der Waals surface area contributed by atoms with Gasteiger partial charge < -0.3 is 5.32 Å². The van der Waals surface area contributed by atoms with E-state index in [1.165, 1.54) is 11.3 Å². The minimum Gasteiger partial charge on any atom is -0.347 e. The van der Waals surface area contributed by atoms with Crippen LogP contribution in [0.2, 0.25) is 0 Å². The first kappa shape index (κ1) is 11.9. The Labute approximate surface area is 114 Å². The van der Waals surface area contributed by atoms with E-state index in [4.69, 9.17) is 0 Å². The van der Waals surface area contributed by atoms with E-state index in [-0.39, 0.29) is 5.91 Å². The molecule has 0 radical (unpaired) electrons. The van der Waals surface area contributed by atoms with Gasteiger partial charge in [0.05, 0.1) is 10.4 Å². The van der Waals surface area contributed by atoms with Gasteiger partial charge in [0.25, 0.3) is 5.91 Å². The minimum atomic E-state index is -0.0387. The fraction of sp³-hybridized carbons (Fsp3) is 0.0667. The number of nitrogens with one attached hydrogen (secondary N) is 1. The van der Waals surface area contributed by atoms with Crippen molar-refractivity contribution in [2.75, 3.05) is 0 Å². The molecule has 3 aromatic rings. The Bertz CT molecular complexity index is 707. The molecule has 94 valence electrons. The predicted octanol–water partition coefficient (Wildman–Crippen LogP) is 3.23. The number of nitrogens with zero attached hydrogens (tertiary/aromatic N) is 1. The first-order valence-corrected chi connectivity index (χ1v) is 6.86. The lowest BCUT2D eigenvalue weighted by molar-refractivity contribution is 0.0955. The molecule has 3 nitrogen and oxygen atoms in total. The van der Waals surface area contributed by atoms with Crippen LogP contribution in [0.4, 0.5) is 0 Å². The SMILES string of the molecule is O=C(NCc1cnc2ccccc2c1)c1cccs1. The van der Waals surface area contributed by atoms with E-state index in [0.29, 0.717) is 6.54 Å². The molecule has 1 amide bonds. The normalized spacial score (nSPS) is 10.5. The molecular formula is C15H12N2OS. The van der Waals surface area contributed by atoms with Gasteiger partial charge in [-0.05, 0) is 29.1 Å². The number of fused-ring (bicyclic) bond motifs is 1. The highest BCUT2D eigenvalue weighted by Gasteiger charge is 2.06. The van der Waals surface area contributed by atoms with Crippen LogP contribution in [0.5, 0.6) is 0 Å². The Morgan fingerprint density at radius 2 is 2.11 bits per heavy atom. The summed E-state index contributed by atoms with van der Waals surface area (Å²) in [6.45, 7) is 0.495. The van der Waals surface area contributed by atoms with Gasteiger partial charge in [0.1, 0.15) is 0 Å². The molecule has 0 bridgehead atoms. The van der Waals surface area contributed by atoms with E-state index in [9.17, 15) is 4.79 Å². The van der Waals surface area contributed by atoms with Crippen molar-refractivity contribution < 1.29 is 4.79 Å². The summed E-state index contributed by atoms with van der Waals surface area (Å²) in [6, 6.07) is 13.7. The number of thiophene rings is 1. The predicted molar refractivity (Wildman–Crippen MR) is 77.2 cm³/mol. The van der Waals surface area contributed by atoms with Gasteiger partial charge in [0, 0.05) is 18.1 Å². The largest absolute Gasteiger partial charge is 0.347 e. The summed E-state index contributed by atoms with van der Waals surface area (Å²) in [6.07, 6.45) is 1.80. The van der Waals surface area contributed by atoms with Gasteiger partial charge in [0.2, 0.25) is 0 Å². The first-order valence-electron chi connectivity index (χ1n) is 5.98. The quantitative estimate of drug-likeness (QED) is 0.792. The number of pyridine rings is 1. The van der Waals surface area contributed by atoms with Gasteiger partial charge in [-0.15, -0.1) is 11.3 Å².